The van der Waals surface area contributed by atoms with Gasteiger partial charge in [0.15, 0.2) is 0 Å². The summed E-state index contributed by atoms with van der Waals surface area (Å²) >= 11 is 0. The number of benzene rings is 1. The summed E-state index contributed by atoms with van der Waals surface area (Å²) < 4.78 is 18.0. The molecule has 0 fully saturated rings. The van der Waals surface area contributed by atoms with E-state index in [2.05, 4.69) is 10.3 Å². The van der Waals surface area contributed by atoms with Crippen LogP contribution in [-0.2, 0) is 4.74 Å². The quantitative estimate of drug-likeness (QED) is 0.673. The second-order valence-electron chi connectivity index (χ2n) is 4.09. The highest BCUT2D eigenvalue weighted by Crippen LogP contribution is 2.03. The van der Waals surface area contributed by atoms with E-state index in [0.717, 1.165) is 6.42 Å². The van der Waals surface area contributed by atoms with Crippen LogP contribution in [0.4, 0.5) is 4.39 Å². The molecule has 1 N–H and O–H groups in total. The average Bonchev–Trinajstić information content (AvgIpc) is 2.39. The highest BCUT2D eigenvalue weighted by molar-refractivity contribution is 6.04. The summed E-state index contributed by atoms with van der Waals surface area (Å²) in [5.74, 6) is -0.745. The predicted molar refractivity (Wildman–Crippen MR) is 72.7 cm³/mol. The van der Waals surface area contributed by atoms with Crippen molar-refractivity contribution < 1.29 is 13.9 Å². The van der Waals surface area contributed by atoms with Gasteiger partial charge in [-0.1, -0.05) is 6.92 Å². The van der Waals surface area contributed by atoms with Crippen molar-refractivity contribution in [3.63, 3.8) is 0 Å². The zero-order valence-corrected chi connectivity index (χ0v) is 11.4. The largest absolute Gasteiger partial charge is 0.465 e. The van der Waals surface area contributed by atoms with Crippen LogP contribution in [0.15, 0.2) is 29.3 Å². The standard InChI is InChI=1S/C14H19FN2O2/c1-4-10(3)16-14(19-5-2)17-13(18)11-6-8-12(15)9-7-11/h6-10H,4-5H2,1-3H3,(H,16,17,18). The molecule has 0 aliphatic heterocycles. The van der Waals surface area contributed by atoms with Crippen LogP contribution in [0.1, 0.15) is 37.6 Å². The van der Waals surface area contributed by atoms with Gasteiger partial charge in [-0.3, -0.25) is 10.1 Å². The third-order valence-electron chi connectivity index (χ3n) is 2.54. The molecule has 1 aromatic carbocycles. The van der Waals surface area contributed by atoms with E-state index in [9.17, 15) is 9.18 Å². The minimum Gasteiger partial charge on any atom is -0.465 e. The normalized spacial score (nSPS) is 12.9. The molecule has 1 aromatic rings. The van der Waals surface area contributed by atoms with E-state index in [1.807, 2.05) is 20.8 Å². The molecule has 104 valence electrons. The molecule has 0 heterocycles. The van der Waals surface area contributed by atoms with Gasteiger partial charge < -0.3 is 4.74 Å². The molecular formula is C14H19FN2O2. The molecule has 0 radical (unpaired) electrons. The molecule has 0 bridgehead atoms. The third kappa shape index (κ3) is 5.07. The Balaban J connectivity index is 2.76. The molecular weight excluding hydrogens is 247 g/mol. The first-order valence-electron chi connectivity index (χ1n) is 6.34. The van der Waals surface area contributed by atoms with Gasteiger partial charge >= 0.3 is 0 Å². The van der Waals surface area contributed by atoms with Gasteiger partial charge in [-0.05, 0) is 44.5 Å². The van der Waals surface area contributed by atoms with Gasteiger partial charge in [0.2, 0.25) is 0 Å². The molecule has 0 spiro atoms. The van der Waals surface area contributed by atoms with Crippen molar-refractivity contribution >= 4 is 11.9 Å². The Morgan fingerprint density at radius 3 is 2.53 bits per heavy atom. The smallest absolute Gasteiger partial charge is 0.291 e. The molecule has 4 nitrogen and oxygen atoms in total. The van der Waals surface area contributed by atoms with E-state index in [1.165, 1.54) is 24.3 Å². The minimum atomic E-state index is -0.380. The maximum atomic E-state index is 12.8. The third-order valence-corrected chi connectivity index (χ3v) is 2.54. The molecule has 0 saturated carbocycles. The second-order valence-corrected chi connectivity index (χ2v) is 4.09. The number of halogens is 1. The van der Waals surface area contributed by atoms with Crippen LogP contribution in [-0.4, -0.2) is 24.6 Å². The van der Waals surface area contributed by atoms with Crippen LogP contribution in [0.5, 0.6) is 0 Å². The molecule has 1 atom stereocenters. The van der Waals surface area contributed by atoms with Gasteiger partial charge in [0.05, 0.1) is 12.6 Å². The number of carbonyl (C=O) groups excluding carboxylic acids is 1. The van der Waals surface area contributed by atoms with E-state index in [4.69, 9.17) is 4.74 Å². The fourth-order valence-electron chi connectivity index (χ4n) is 1.30. The maximum Gasteiger partial charge on any atom is 0.291 e. The summed E-state index contributed by atoms with van der Waals surface area (Å²) in [7, 11) is 0. The van der Waals surface area contributed by atoms with E-state index >= 15 is 0 Å². The summed E-state index contributed by atoms with van der Waals surface area (Å²) in [5, 5.41) is 2.59. The van der Waals surface area contributed by atoms with Crippen LogP contribution >= 0.6 is 0 Å². The molecule has 0 aliphatic rings. The van der Waals surface area contributed by atoms with Crippen LogP contribution < -0.4 is 5.32 Å². The molecule has 19 heavy (non-hydrogen) atoms. The van der Waals surface area contributed by atoms with Crippen molar-refractivity contribution in [1.29, 1.82) is 0 Å². The number of ether oxygens (including phenoxy) is 1. The molecule has 1 rings (SSSR count). The van der Waals surface area contributed by atoms with E-state index < -0.39 is 0 Å². The Kier molecular flexibility index (Phi) is 5.99. The Bertz CT molecular complexity index is 443. The predicted octanol–water partition coefficient (Wildman–Crippen LogP) is 2.75. The van der Waals surface area contributed by atoms with Crippen molar-refractivity contribution in [1.82, 2.24) is 5.32 Å². The van der Waals surface area contributed by atoms with Gasteiger partial charge in [0.25, 0.3) is 11.9 Å². The second kappa shape index (κ2) is 7.51. The highest BCUT2D eigenvalue weighted by atomic mass is 19.1. The van der Waals surface area contributed by atoms with Gasteiger partial charge in [-0.2, -0.15) is 0 Å². The number of carbonyl (C=O) groups is 1. The van der Waals surface area contributed by atoms with Crippen molar-refractivity contribution in [3.8, 4) is 0 Å². The van der Waals surface area contributed by atoms with Gasteiger partial charge in [-0.15, -0.1) is 0 Å². The lowest BCUT2D eigenvalue weighted by Gasteiger charge is -2.11. The lowest BCUT2D eigenvalue weighted by molar-refractivity contribution is 0.0966. The summed E-state index contributed by atoms with van der Waals surface area (Å²) in [4.78, 5) is 16.2. The van der Waals surface area contributed by atoms with Crippen molar-refractivity contribution in [2.24, 2.45) is 4.99 Å². The maximum absolute atomic E-state index is 12.8. The topological polar surface area (TPSA) is 50.7 Å². The van der Waals surface area contributed by atoms with Crippen LogP contribution in [0, 0.1) is 5.82 Å². The fourth-order valence-corrected chi connectivity index (χ4v) is 1.30. The zero-order valence-electron chi connectivity index (χ0n) is 11.4. The van der Waals surface area contributed by atoms with Crippen molar-refractivity contribution in [3.05, 3.63) is 35.6 Å². The highest BCUT2D eigenvalue weighted by Gasteiger charge is 2.10. The van der Waals surface area contributed by atoms with Crippen LogP contribution in [0.3, 0.4) is 0 Å². The Morgan fingerprint density at radius 2 is 2.00 bits per heavy atom. The number of hydrogen-bond acceptors (Lipinski definition) is 3. The van der Waals surface area contributed by atoms with Crippen molar-refractivity contribution in [2.75, 3.05) is 6.61 Å². The van der Waals surface area contributed by atoms with E-state index in [-0.39, 0.29) is 23.8 Å². The molecule has 0 aliphatic carbocycles. The Morgan fingerprint density at radius 1 is 1.37 bits per heavy atom. The molecule has 1 amide bonds. The van der Waals surface area contributed by atoms with Crippen molar-refractivity contribution in [2.45, 2.75) is 33.2 Å². The summed E-state index contributed by atoms with van der Waals surface area (Å²) in [6.45, 7) is 6.16. The average molecular weight is 266 g/mol. The van der Waals surface area contributed by atoms with E-state index in [0.29, 0.717) is 12.2 Å². The monoisotopic (exact) mass is 266 g/mol. The number of amidine groups is 1. The lowest BCUT2D eigenvalue weighted by Crippen LogP contribution is -2.33. The van der Waals surface area contributed by atoms with Gasteiger partial charge in [-0.25, -0.2) is 9.38 Å². The minimum absolute atomic E-state index is 0.0649. The summed E-state index contributed by atoms with van der Waals surface area (Å²) in [6.07, 6.45) is 0.850. The first kappa shape index (κ1) is 15.1. The molecule has 0 saturated heterocycles. The number of amides is 1. The number of nitrogens with zero attached hydrogens (tertiary/aromatic N) is 1. The van der Waals surface area contributed by atoms with Gasteiger partial charge in [0.1, 0.15) is 5.82 Å². The van der Waals surface area contributed by atoms with E-state index in [1.54, 1.807) is 0 Å². The molecule has 1 unspecified atom stereocenters. The SMILES string of the molecule is CCOC(=NC(C)CC)NC(=O)c1ccc(F)cc1. The lowest BCUT2D eigenvalue weighted by atomic mass is 10.2. The first-order valence-corrected chi connectivity index (χ1v) is 6.34. The van der Waals surface area contributed by atoms with Crippen LogP contribution in [0.2, 0.25) is 0 Å². The Hall–Kier alpha value is -1.91. The number of rotatable bonds is 4. The molecule has 0 aromatic heterocycles. The first-order chi connectivity index (χ1) is 9.06. The van der Waals surface area contributed by atoms with Gasteiger partial charge in [0, 0.05) is 5.56 Å². The zero-order chi connectivity index (χ0) is 14.3. The summed E-state index contributed by atoms with van der Waals surface area (Å²) in [5.41, 5.74) is 0.359. The Labute approximate surface area is 112 Å². The number of aliphatic imine (C=N–C) groups is 1. The molecule has 5 heteroatoms. The number of nitrogens with one attached hydrogen (secondary N) is 1. The number of hydrogen-bond donors (Lipinski definition) is 1. The fraction of sp³-hybridized carbons (Fsp3) is 0.429. The van der Waals surface area contributed by atoms with Crippen LogP contribution in [0.25, 0.3) is 0 Å². The summed E-state index contributed by atoms with van der Waals surface area (Å²) in [6, 6.07) is 5.57.